The lowest BCUT2D eigenvalue weighted by atomic mass is 9.83. The molecule has 1 saturated carbocycles. The number of hydrogen-bond acceptors (Lipinski definition) is 2. The Kier molecular flexibility index (Phi) is 3.99. The summed E-state index contributed by atoms with van der Waals surface area (Å²) < 4.78 is 1.92. The maximum atomic E-state index is 10.2. The van der Waals surface area contributed by atoms with Crippen LogP contribution in [0.2, 0.25) is 0 Å². The van der Waals surface area contributed by atoms with Crippen molar-refractivity contribution in [2.24, 2.45) is 5.92 Å². The summed E-state index contributed by atoms with van der Waals surface area (Å²) in [6, 6.07) is 0. The second kappa shape index (κ2) is 5.48. The Morgan fingerprint density at radius 2 is 2.19 bits per heavy atom. The fourth-order valence-electron chi connectivity index (χ4n) is 2.61. The van der Waals surface area contributed by atoms with Crippen LogP contribution >= 0.6 is 0 Å². The van der Waals surface area contributed by atoms with Crippen molar-refractivity contribution in [1.82, 2.24) is 9.78 Å². The van der Waals surface area contributed by atoms with Gasteiger partial charge in [-0.05, 0) is 31.2 Å². The zero-order valence-electron chi connectivity index (χ0n) is 10.1. The molecule has 1 heterocycles. The van der Waals surface area contributed by atoms with E-state index in [9.17, 15) is 5.11 Å². The van der Waals surface area contributed by atoms with Crippen LogP contribution < -0.4 is 0 Å². The average Bonchev–Trinajstić information content (AvgIpc) is 2.78. The van der Waals surface area contributed by atoms with Gasteiger partial charge in [0.25, 0.3) is 0 Å². The predicted octanol–water partition coefficient (Wildman–Crippen LogP) is 2.39. The van der Waals surface area contributed by atoms with Crippen molar-refractivity contribution in [2.75, 3.05) is 0 Å². The number of aryl methyl sites for hydroxylation is 1. The van der Waals surface area contributed by atoms with Crippen LogP contribution in [0.1, 0.15) is 44.6 Å². The van der Waals surface area contributed by atoms with Gasteiger partial charge >= 0.3 is 0 Å². The lowest BCUT2D eigenvalue weighted by Crippen LogP contribution is -2.24. The summed E-state index contributed by atoms with van der Waals surface area (Å²) in [5.41, 5.74) is 1.17. The van der Waals surface area contributed by atoms with Gasteiger partial charge in [-0.15, -0.1) is 0 Å². The molecule has 0 radical (unpaired) electrons. The van der Waals surface area contributed by atoms with Gasteiger partial charge in [0.15, 0.2) is 0 Å². The monoisotopic (exact) mass is 222 g/mol. The van der Waals surface area contributed by atoms with E-state index in [0.29, 0.717) is 5.92 Å². The van der Waals surface area contributed by atoms with E-state index in [1.807, 2.05) is 17.1 Å². The smallest absolute Gasteiger partial charge is 0.0609 e. The van der Waals surface area contributed by atoms with E-state index in [1.54, 1.807) is 0 Å². The van der Waals surface area contributed by atoms with Gasteiger partial charge in [-0.25, -0.2) is 0 Å². The summed E-state index contributed by atoms with van der Waals surface area (Å²) in [6.45, 7) is 2.98. The van der Waals surface area contributed by atoms with Crippen LogP contribution in [-0.4, -0.2) is 21.0 Å². The lowest BCUT2D eigenvalue weighted by Gasteiger charge is -2.26. The zero-order valence-corrected chi connectivity index (χ0v) is 10.1. The Morgan fingerprint density at radius 3 is 2.81 bits per heavy atom. The lowest BCUT2D eigenvalue weighted by molar-refractivity contribution is 0.0851. The highest BCUT2D eigenvalue weighted by Crippen LogP contribution is 2.27. The summed E-state index contributed by atoms with van der Waals surface area (Å²) >= 11 is 0. The molecule has 1 atom stereocenters. The second-order valence-corrected chi connectivity index (χ2v) is 4.87. The minimum Gasteiger partial charge on any atom is -0.392 e. The molecule has 1 aromatic rings. The first kappa shape index (κ1) is 11.6. The van der Waals surface area contributed by atoms with Gasteiger partial charge in [0.05, 0.1) is 12.3 Å². The highest BCUT2D eigenvalue weighted by atomic mass is 16.3. The Labute approximate surface area is 97.5 Å². The van der Waals surface area contributed by atoms with E-state index in [2.05, 4.69) is 12.0 Å². The number of rotatable bonds is 4. The molecule has 0 aliphatic heterocycles. The first-order valence-corrected chi connectivity index (χ1v) is 6.49. The third kappa shape index (κ3) is 2.85. The quantitative estimate of drug-likeness (QED) is 0.849. The molecule has 0 spiro atoms. The Balaban J connectivity index is 1.87. The van der Waals surface area contributed by atoms with Crippen molar-refractivity contribution in [3.8, 4) is 0 Å². The van der Waals surface area contributed by atoms with Gasteiger partial charge in [-0.2, -0.15) is 5.10 Å². The number of hydrogen-bond donors (Lipinski definition) is 1. The van der Waals surface area contributed by atoms with E-state index in [4.69, 9.17) is 0 Å². The van der Waals surface area contributed by atoms with Crippen LogP contribution in [0.5, 0.6) is 0 Å². The van der Waals surface area contributed by atoms with Gasteiger partial charge in [0.1, 0.15) is 0 Å². The fourth-order valence-corrected chi connectivity index (χ4v) is 2.61. The van der Waals surface area contributed by atoms with E-state index < -0.39 is 0 Å². The normalized spacial score (nSPS) is 19.9. The maximum Gasteiger partial charge on any atom is 0.0609 e. The standard InChI is InChI=1S/C13H22N2O/c1-2-15-10-11(9-14-15)8-13(16)12-6-4-3-5-7-12/h9-10,12-13,16H,2-8H2,1H3. The van der Waals surface area contributed by atoms with E-state index >= 15 is 0 Å². The van der Waals surface area contributed by atoms with E-state index in [1.165, 1.54) is 37.7 Å². The molecule has 0 saturated heterocycles. The molecule has 1 fully saturated rings. The van der Waals surface area contributed by atoms with Gasteiger partial charge in [0, 0.05) is 19.2 Å². The molecule has 16 heavy (non-hydrogen) atoms. The van der Waals surface area contributed by atoms with Crippen molar-refractivity contribution in [3.05, 3.63) is 18.0 Å². The molecule has 1 aliphatic carbocycles. The Bertz CT molecular complexity index is 315. The van der Waals surface area contributed by atoms with Crippen LogP contribution in [0.3, 0.4) is 0 Å². The summed E-state index contributed by atoms with van der Waals surface area (Å²) in [5, 5.41) is 14.4. The molecule has 90 valence electrons. The first-order valence-electron chi connectivity index (χ1n) is 6.49. The van der Waals surface area contributed by atoms with Crippen LogP contribution in [-0.2, 0) is 13.0 Å². The third-order valence-corrected chi connectivity index (χ3v) is 3.65. The first-order chi connectivity index (χ1) is 7.79. The van der Waals surface area contributed by atoms with Crippen LogP contribution in [0, 0.1) is 5.92 Å². The van der Waals surface area contributed by atoms with Gasteiger partial charge in [-0.1, -0.05) is 19.3 Å². The molecule has 1 aromatic heterocycles. The van der Waals surface area contributed by atoms with Crippen molar-refractivity contribution < 1.29 is 5.11 Å². The highest BCUT2D eigenvalue weighted by Gasteiger charge is 2.22. The summed E-state index contributed by atoms with van der Waals surface area (Å²) in [4.78, 5) is 0. The molecule has 3 heteroatoms. The zero-order chi connectivity index (χ0) is 11.4. The van der Waals surface area contributed by atoms with Crippen molar-refractivity contribution in [3.63, 3.8) is 0 Å². The van der Waals surface area contributed by atoms with Gasteiger partial charge < -0.3 is 5.11 Å². The summed E-state index contributed by atoms with van der Waals surface area (Å²) in [7, 11) is 0. The summed E-state index contributed by atoms with van der Waals surface area (Å²) in [5.74, 6) is 0.513. The van der Waals surface area contributed by atoms with Crippen molar-refractivity contribution >= 4 is 0 Å². The molecule has 1 aliphatic rings. The maximum absolute atomic E-state index is 10.2. The number of nitrogens with zero attached hydrogens (tertiary/aromatic N) is 2. The van der Waals surface area contributed by atoms with Gasteiger partial charge in [-0.3, -0.25) is 4.68 Å². The second-order valence-electron chi connectivity index (χ2n) is 4.87. The molecule has 0 amide bonds. The predicted molar refractivity (Wildman–Crippen MR) is 64.2 cm³/mol. The van der Waals surface area contributed by atoms with Crippen LogP contribution in [0.25, 0.3) is 0 Å². The fraction of sp³-hybridized carbons (Fsp3) is 0.769. The molecular formula is C13H22N2O. The molecule has 2 rings (SSSR count). The Morgan fingerprint density at radius 1 is 1.44 bits per heavy atom. The highest BCUT2D eigenvalue weighted by molar-refractivity contribution is 5.05. The minimum absolute atomic E-state index is 0.171. The largest absolute Gasteiger partial charge is 0.392 e. The van der Waals surface area contributed by atoms with Gasteiger partial charge in [0.2, 0.25) is 0 Å². The van der Waals surface area contributed by atoms with Crippen LogP contribution in [0.4, 0.5) is 0 Å². The van der Waals surface area contributed by atoms with Crippen molar-refractivity contribution in [2.45, 2.75) is 58.1 Å². The number of aliphatic hydroxyl groups excluding tert-OH is 1. The summed E-state index contributed by atoms with van der Waals surface area (Å²) in [6.07, 6.45) is 10.8. The molecule has 1 N–H and O–H groups in total. The average molecular weight is 222 g/mol. The number of aromatic nitrogens is 2. The van der Waals surface area contributed by atoms with Crippen LogP contribution in [0.15, 0.2) is 12.4 Å². The van der Waals surface area contributed by atoms with Crippen molar-refractivity contribution in [1.29, 1.82) is 0 Å². The number of aliphatic hydroxyl groups is 1. The molecule has 0 aromatic carbocycles. The van der Waals surface area contributed by atoms with E-state index in [-0.39, 0.29) is 6.10 Å². The molecule has 1 unspecified atom stereocenters. The van der Waals surface area contributed by atoms with E-state index in [0.717, 1.165) is 13.0 Å². The molecular weight excluding hydrogens is 200 g/mol. The third-order valence-electron chi connectivity index (χ3n) is 3.65. The Hall–Kier alpha value is -0.830. The molecule has 3 nitrogen and oxygen atoms in total. The minimum atomic E-state index is -0.171. The topological polar surface area (TPSA) is 38.0 Å². The SMILES string of the molecule is CCn1cc(CC(O)C2CCCCC2)cn1. The molecule has 0 bridgehead atoms.